The first kappa shape index (κ1) is 34.4. The maximum atomic E-state index is 13.9. The molecule has 3 N–H and O–H groups in total. The Morgan fingerprint density at radius 3 is 2.55 bits per heavy atom. The van der Waals surface area contributed by atoms with E-state index in [0.717, 1.165) is 59.1 Å². The smallest absolute Gasteiger partial charge is 0.247 e. The van der Waals surface area contributed by atoms with Gasteiger partial charge >= 0.3 is 0 Å². The molecule has 1 saturated carbocycles. The van der Waals surface area contributed by atoms with Crippen molar-refractivity contribution in [2.24, 2.45) is 5.92 Å². The van der Waals surface area contributed by atoms with Crippen LogP contribution in [-0.2, 0) is 20.8 Å². The van der Waals surface area contributed by atoms with Crippen LogP contribution in [0.4, 0.5) is 0 Å². The van der Waals surface area contributed by atoms with Gasteiger partial charge < -0.3 is 16.0 Å². The fraction of sp³-hybridized carbons (Fsp3) is 0.647. The van der Waals surface area contributed by atoms with E-state index < -0.39 is 6.04 Å². The van der Waals surface area contributed by atoms with Crippen molar-refractivity contribution in [1.82, 2.24) is 25.8 Å². The van der Waals surface area contributed by atoms with E-state index in [1.165, 1.54) is 24.8 Å². The molecule has 0 bridgehead atoms. The quantitative estimate of drug-likeness (QED) is 0.225. The third-order valence-electron chi connectivity index (χ3n) is 8.67. The molecule has 1 saturated heterocycles. The van der Waals surface area contributed by atoms with E-state index in [1.54, 1.807) is 11.3 Å². The highest BCUT2D eigenvalue weighted by Crippen LogP contribution is 2.28. The molecule has 4 rings (SSSR count). The first-order valence-electron chi connectivity index (χ1n) is 16.5. The number of nitrogens with zero attached hydrogens (tertiary/aromatic N) is 2. The van der Waals surface area contributed by atoms with Crippen LogP contribution in [0.2, 0.25) is 0 Å². The second-order valence-corrected chi connectivity index (χ2v) is 15.1. The van der Waals surface area contributed by atoms with Crippen LogP contribution >= 0.6 is 23.1 Å². The van der Waals surface area contributed by atoms with Crippen molar-refractivity contribution in [3.8, 4) is 0 Å². The summed E-state index contributed by atoms with van der Waals surface area (Å²) in [5, 5.41) is 10.1. The van der Waals surface area contributed by atoms with Gasteiger partial charge in [-0.25, -0.2) is 4.98 Å². The number of amides is 3. The van der Waals surface area contributed by atoms with E-state index >= 15 is 0 Å². The van der Waals surface area contributed by atoms with E-state index in [0.29, 0.717) is 49.8 Å². The van der Waals surface area contributed by atoms with Gasteiger partial charge in [0.15, 0.2) is 0 Å². The van der Waals surface area contributed by atoms with Crippen LogP contribution in [0.15, 0.2) is 30.4 Å². The van der Waals surface area contributed by atoms with Crippen molar-refractivity contribution in [1.29, 1.82) is 0 Å². The highest BCUT2D eigenvalue weighted by molar-refractivity contribution is 7.99. The molecule has 1 aliphatic carbocycles. The number of benzene rings is 1. The molecule has 2 heterocycles. The Kier molecular flexibility index (Phi) is 13.6. The number of hydrogen-bond acceptors (Lipinski definition) is 7. The molecule has 0 spiro atoms. The summed E-state index contributed by atoms with van der Waals surface area (Å²) in [6.45, 7) is 13.2. The fourth-order valence-electron chi connectivity index (χ4n) is 6.07. The molecule has 2 aliphatic rings. The molecule has 2 fully saturated rings. The predicted molar refractivity (Wildman–Crippen MR) is 183 cm³/mol. The van der Waals surface area contributed by atoms with Crippen molar-refractivity contribution < 1.29 is 14.4 Å². The third kappa shape index (κ3) is 10.6. The number of nitrogens with one attached hydrogen (secondary N) is 3. The Bertz CT molecular complexity index is 1270. The molecule has 0 radical (unpaired) electrons. The van der Waals surface area contributed by atoms with Crippen molar-refractivity contribution in [2.75, 3.05) is 37.7 Å². The summed E-state index contributed by atoms with van der Waals surface area (Å²) in [5.74, 6) is 2.56. The van der Waals surface area contributed by atoms with Crippen molar-refractivity contribution in [2.45, 2.75) is 96.6 Å². The van der Waals surface area contributed by atoms with Crippen LogP contribution in [0, 0.1) is 5.92 Å². The highest BCUT2D eigenvalue weighted by atomic mass is 32.2. The van der Waals surface area contributed by atoms with Gasteiger partial charge in [0, 0.05) is 62.1 Å². The molecular weight excluding hydrogens is 591 g/mol. The molecule has 44 heavy (non-hydrogen) atoms. The lowest BCUT2D eigenvalue weighted by atomic mass is 9.84. The molecule has 2 atom stereocenters. The van der Waals surface area contributed by atoms with Crippen LogP contribution in [0.5, 0.6) is 0 Å². The summed E-state index contributed by atoms with van der Waals surface area (Å²) in [5.41, 5.74) is 2.72. The number of carbonyl (C=O) groups excluding carboxylic acids is 3. The normalized spacial score (nSPS) is 17.7. The molecule has 0 unspecified atom stereocenters. The average molecular weight is 642 g/mol. The average Bonchev–Trinajstić information content (AvgIpc) is 3.42. The molecule has 10 heteroatoms. The monoisotopic (exact) mass is 641 g/mol. The SMILES string of the molecule is C=C(CN1CCSCC1)C(=O)NC[C@H](CC1CCCCC1)NC(=O)[C@H](Cc1nc2ccc(C(C)C)cc2s1)NC(=O)CCC. The number of thiazole rings is 1. The number of carbonyl (C=O) groups is 3. The van der Waals surface area contributed by atoms with Gasteiger partial charge in [-0.2, -0.15) is 11.8 Å². The van der Waals surface area contributed by atoms with Gasteiger partial charge in [0.05, 0.1) is 15.2 Å². The van der Waals surface area contributed by atoms with E-state index in [1.807, 2.05) is 24.8 Å². The van der Waals surface area contributed by atoms with E-state index in [4.69, 9.17) is 4.98 Å². The summed E-state index contributed by atoms with van der Waals surface area (Å²) in [6.07, 6.45) is 8.13. The van der Waals surface area contributed by atoms with Gasteiger partial charge in [0.2, 0.25) is 17.7 Å². The van der Waals surface area contributed by atoms with Gasteiger partial charge in [-0.1, -0.05) is 65.5 Å². The van der Waals surface area contributed by atoms with Crippen LogP contribution in [0.1, 0.15) is 88.6 Å². The topological polar surface area (TPSA) is 103 Å². The first-order valence-corrected chi connectivity index (χ1v) is 18.4. The van der Waals surface area contributed by atoms with Gasteiger partial charge in [-0.3, -0.25) is 19.3 Å². The Morgan fingerprint density at radius 2 is 1.84 bits per heavy atom. The van der Waals surface area contributed by atoms with Crippen molar-refractivity contribution >= 4 is 51.0 Å². The van der Waals surface area contributed by atoms with Gasteiger partial charge in [0.25, 0.3) is 0 Å². The minimum atomic E-state index is -0.740. The highest BCUT2D eigenvalue weighted by Gasteiger charge is 2.28. The third-order valence-corrected chi connectivity index (χ3v) is 10.7. The van der Waals surface area contributed by atoms with E-state index in [9.17, 15) is 14.4 Å². The maximum absolute atomic E-state index is 13.9. The minimum Gasteiger partial charge on any atom is -0.350 e. The van der Waals surface area contributed by atoms with Gasteiger partial charge in [0.1, 0.15) is 6.04 Å². The molecular formula is C34H51N5O3S2. The Labute approximate surface area is 271 Å². The lowest BCUT2D eigenvalue weighted by molar-refractivity contribution is -0.129. The number of aromatic nitrogens is 1. The number of thioether (sulfide) groups is 1. The van der Waals surface area contributed by atoms with E-state index in [-0.39, 0.29) is 23.8 Å². The van der Waals surface area contributed by atoms with Crippen LogP contribution in [0.25, 0.3) is 10.2 Å². The molecule has 242 valence electrons. The number of fused-ring (bicyclic) bond motifs is 1. The Balaban J connectivity index is 1.44. The van der Waals surface area contributed by atoms with Crippen LogP contribution in [0.3, 0.4) is 0 Å². The van der Waals surface area contributed by atoms with Gasteiger partial charge in [-0.05, 0) is 42.4 Å². The standard InChI is InChI=1S/C34H51N5O3S2/c1-5-9-31(40)37-29(20-32-38-28-13-12-26(23(2)3)19-30(28)44-32)34(42)36-27(18-25-10-7-6-8-11-25)21-35-33(41)24(4)22-39-14-16-43-17-15-39/h12-13,19,23,25,27,29H,4-11,14-18,20-22H2,1-3H3,(H,35,41)(H,36,42)(H,37,40)/t27-,29-/m0/s1. The summed E-state index contributed by atoms with van der Waals surface area (Å²) in [4.78, 5) is 46.7. The zero-order valence-electron chi connectivity index (χ0n) is 26.8. The zero-order valence-corrected chi connectivity index (χ0v) is 28.4. The van der Waals surface area contributed by atoms with Crippen LogP contribution < -0.4 is 16.0 Å². The second-order valence-electron chi connectivity index (χ2n) is 12.7. The zero-order chi connectivity index (χ0) is 31.5. The maximum Gasteiger partial charge on any atom is 0.247 e. The first-order chi connectivity index (χ1) is 21.2. The molecule has 1 aliphatic heterocycles. The summed E-state index contributed by atoms with van der Waals surface area (Å²) in [7, 11) is 0. The minimum absolute atomic E-state index is 0.139. The predicted octanol–water partition coefficient (Wildman–Crippen LogP) is 5.42. The molecule has 3 amide bonds. The molecule has 1 aromatic carbocycles. The fourth-order valence-corrected chi connectivity index (χ4v) is 8.11. The van der Waals surface area contributed by atoms with Crippen molar-refractivity contribution in [3.63, 3.8) is 0 Å². The second kappa shape index (κ2) is 17.3. The summed E-state index contributed by atoms with van der Waals surface area (Å²) in [6, 6.07) is 5.34. The summed E-state index contributed by atoms with van der Waals surface area (Å²) < 4.78 is 1.09. The number of rotatable bonds is 15. The van der Waals surface area contributed by atoms with E-state index in [2.05, 4.69) is 53.4 Å². The van der Waals surface area contributed by atoms with Crippen molar-refractivity contribution in [3.05, 3.63) is 40.9 Å². The lowest BCUT2D eigenvalue weighted by Crippen LogP contribution is -2.53. The summed E-state index contributed by atoms with van der Waals surface area (Å²) >= 11 is 3.52. The largest absolute Gasteiger partial charge is 0.350 e. The molecule has 1 aromatic heterocycles. The number of hydrogen-bond donors (Lipinski definition) is 3. The Morgan fingerprint density at radius 1 is 1.09 bits per heavy atom. The van der Waals surface area contributed by atoms with Gasteiger partial charge in [-0.15, -0.1) is 11.3 Å². The lowest BCUT2D eigenvalue weighted by Gasteiger charge is -2.29. The molecule has 8 nitrogen and oxygen atoms in total. The Hall–Kier alpha value is -2.43. The van der Waals surface area contributed by atoms with Crippen LogP contribution in [-0.4, -0.2) is 77.4 Å². The molecule has 2 aromatic rings.